The zero-order valence-electron chi connectivity index (χ0n) is 21.3. The maximum atomic E-state index is 13.7. The van der Waals surface area contributed by atoms with E-state index < -0.39 is 34.1 Å². The van der Waals surface area contributed by atoms with Crippen LogP contribution in [-0.4, -0.2) is 56.6 Å². The first-order valence-electron chi connectivity index (χ1n) is 11.3. The summed E-state index contributed by atoms with van der Waals surface area (Å²) in [6.45, 7) is 6.86. The molecule has 0 aliphatic carbocycles. The van der Waals surface area contributed by atoms with E-state index in [9.17, 15) is 18.0 Å². The smallest absolute Gasteiger partial charge is 0.244 e. The fourth-order valence-corrected chi connectivity index (χ4v) is 4.98. The Morgan fingerprint density at radius 3 is 2.19 bits per heavy atom. The number of nitrogens with one attached hydrogen (secondary N) is 1. The highest BCUT2D eigenvalue weighted by molar-refractivity contribution is 7.92. The number of halogens is 2. The van der Waals surface area contributed by atoms with Crippen molar-refractivity contribution in [2.45, 2.75) is 52.2 Å². The molecule has 0 aliphatic rings. The van der Waals surface area contributed by atoms with Crippen LogP contribution in [0.25, 0.3) is 0 Å². The van der Waals surface area contributed by atoms with Crippen LogP contribution in [0.5, 0.6) is 5.75 Å². The van der Waals surface area contributed by atoms with Gasteiger partial charge in [0.05, 0.1) is 19.1 Å². The third-order valence-electron chi connectivity index (χ3n) is 5.19. The number of carbonyl (C=O) groups excluding carboxylic acids is 2. The average molecular weight is 559 g/mol. The molecule has 36 heavy (non-hydrogen) atoms. The second kappa shape index (κ2) is 12.2. The summed E-state index contributed by atoms with van der Waals surface area (Å²) in [4.78, 5) is 28.3. The summed E-state index contributed by atoms with van der Waals surface area (Å²) >= 11 is 12.2. The first-order chi connectivity index (χ1) is 16.6. The van der Waals surface area contributed by atoms with Gasteiger partial charge in [-0.1, -0.05) is 42.3 Å². The van der Waals surface area contributed by atoms with E-state index in [1.165, 1.54) is 30.2 Å². The molecule has 0 saturated carbocycles. The maximum Gasteiger partial charge on any atom is 0.244 e. The van der Waals surface area contributed by atoms with Crippen LogP contribution in [0.3, 0.4) is 0 Å². The van der Waals surface area contributed by atoms with E-state index in [1.807, 2.05) is 26.8 Å². The topological polar surface area (TPSA) is 96.0 Å². The molecule has 1 atom stereocenters. The van der Waals surface area contributed by atoms with Crippen LogP contribution < -0.4 is 14.4 Å². The molecule has 198 valence electrons. The quantitative estimate of drug-likeness (QED) is 0.464. The number of amides is 2. The van der Waals surface area contributed by atoms with E-state index in [0.29, 0.717) is 12.2 Å². The third kappa shape index (κ3) is 8.57. The van der Waals surface area contributed by atoms with E-state index in [4.69, 9.17) is 27.9 Å². The lowest BCUT2D eigenvalue weighted by Crippen LogP contribution is -2.55. The Hall–Kier alpha value is -2.49. The van der Waals surface area contributed by atoms with Crippen molar-refractivity contribution in [2.24, 2.45) is 0 Å². The fraction of sp³-hybridized carbons (Fsp3) is 0.440. The number of rotatable bonds is 10. The predicted octanol–water partition coefficient (Wildman–Crippen LogP) is 4.49. The Kier molecular flexibility index (Phi) is 10.0. The minimum atomic E-state index is -3.90. The number of benzene rings is 2. The van der Waals surface area contributed by atoms with Gasteiger partial charge in [-0.15, -0.1) is 0 Å². The van der Waals surface area contributed by atoms with Crippen LogP contribution in [-0.2, 0) is 26.2 Å². The monoisotopic (exact) mass is 557 g/mol. The van der Waals surface area contributed by atoms with Crippen LogP contribution in [0.2, 0.25) is 10.0 Å². The van der Waals surface area contributed by atoms with Gasteiger partial charge in [-0.05, 0) is 63.1 Å². The highest BCUT2D eigenvalue weighted by atomic mass is 35.5. The number of nitrogens with zero attached hydrogens (tertiary/aromatic N) is 2. The SMILES string of the molecule is CC[C@@H](C(=O)NC(C)(C)C)N(Cc1cccc(OC)c1)C(=O)CN(c1cc(Cl)cc(Cl)c1)S(C)(=O)=O. The summed E-state index contributed by atoms with van der Waals surface area (Å²) in [5.41, 5.74) is 0.351. The van der Waals surface area contributed by atoms with E-state index in [-0.39, 0.29) is 28.2 Å². The summed E-state index contributed by atoms with van der Waals surface area (Å²) in [6.07, 6.45) is 1.31. The lowest BCUT2D eigenvalue weighted by Gasteiger charge is -2.34. The second-order valence-electron chi connectivity index (χ2n) is 9.43. The molecular weight excluding hydrogens is 525 g/mol. The number of methoxy groups -OCH3 is 1. The van der Waals surface area contributed by atoms with Gasteiger partial charge in [-0.2, -0.15) is 0 Å². The molecule has 2 rings (SSSR count). The van der Waals surface area contributed by atoms with Gasteiger partial charge in [0.1, 0.15) is 18.3 Å². The van der Waals surface area contributed by atoms with Gasteiger partial charge in [-0.3, -0.25) is 13.9 Å². The van der Waals surface area contributed by atoms with Crippen LogP contribution in [0.15, 0.2) is 42.5 Å². The molecule has 8 nitrogen and oxygen atoms in total. The Labute approximate surface area is 223 Å². The Morgan fingerprint density at radius 1 is 1.08 bits per heavy atom. The molecule has 1 N–H and O–H groups in total. The molecule has 0 aliphatic heterocycles. The molecule has 0 radical (unpaired) electrons. The van der Waals surface area contributed by atoms with Crippen LogP contribution >= 0.6 is 23.2 Å². The summed E-state index contributed by atoms with van der Waals surface area (Å²) < 4.78 is 31.6. The fourth-order valence-electron chi connectivity index (χ4n) is 3.64. The molecule has 0 aromatic heterocycles. The van der Waals surface area contributed by atoms with E-state index >= 15 is 0 Å². The number of carbonyl (C=O) groups is 2. The molecule has 0 heterocycles. The van der Waals surface area contributed by atoms with Gasteiger partial charge in [0, 0.05) is 22.1 Å². The van der Waals surface area contributed by atoms with Crippen LogP contribution in [0.1, 0.15) is 39.7 Å². The Bertz CT molecular complexity index is 1180. The molecule has 0 saturated heterocycles. The zero-order valence-corrected chi connectivity index (χ0v) is 23.7. The highest BCUT2D eigenvalue weighted by Gasteiger charge is 2.33. The lowest BCUT2D eigenvalue weighted by molar-refractivity contribution is -0.141. The number of hydrogen-bond acceptors (Lipinski definition) is 5. The molecule has 0 spiro atoms. The van der Waals surface area contributed by atoms with Gasteiger partial charge in [0.25, 0.3) is 0 Å². The number of anilines is 1. The maximum absolute atomic E-state index is 13.7. The summed E-state index contributed by atoms with van der Waals surface area (Å²) in [7, 11) is -2.36. The first kappa shape index (κ1) is 29.7. The minimum absolute atomic E-state index is 0.0695. The molecule has 0 unspecified atom stereocenters. The van der Waals surface area contributed by atoms with Crippen molar-refractivity contribution in [2.75, 3.05) is 24.2 Å². The van der Waals surface area contributed by atoms with Crippen molar-refractivity contribution < 1.29 is 22.7 Å². The van der Waals surface area contributed by atoms with E-state index in [2.05, 4.69) is 5.32 Å². The molecule has 2 aromatic carbocycles. The molecule has 2 aromatic rings. The molecular formula is C25H33Cl2N3O5S. The summed E-state index contributed by atoms with van der Waals surface area (Å²) in [5, 5.41) is 3.37. The normalized spacial score (nSPS) is 12.6. The van der Waals surface area contributed by atoms with Crippen molar-refractivity contribution in [1.29, 1.82) is 0 Å². The minimum Gasteiger partial charge on any atom is -0.497 e. The van der Waals surface area contributed by atoms with Crippen molar-refractivity contribution in [3.8, 4) is 5.75 Å². The summed E-state index contributed by atoms with van der Waals surface area (Å²) in [5.74, 6) is -0.299. The van der Waals surface area contributed by atoms with Gasteiger partial charge in [0.2, 0.25) is 21.8 Å². The van der Waals surface area contributed by atoms with E-state index in [1.54, 1.807) is 25.1 Å². The predicted molar refractivity (Wildman–Crippen MR) is 144 cm³/mol. The van der Waals surface area contributed by atoms with E-state index in [0.717, 1.165) is 16.1 Å². The van der Waals surface area contributed by atoms with Crippen molar-refractivity contribution in [3.63, 3.8) is 0 Å². The van der Waals surface area contributed by atoms with Crippen molar-refractivity contribution in [1.82, 2.24) is 10.2 Å². The number of sulfonamides is 1. The van der Waals surface area contributed by atoms with Crippen molar-refractivity contribution >= 4 is 50.7 Å². The lowest BCUT2D eigenvalue weighted by atomic mass is 10.1. The van der Waals surface area contributed by atoms with Gasteiger partial charge < -0.3 is 15.0 Å². The largest absolute Gasteiger partial charge is 0.497 e. The first-order valence-corrected chi connectivity index (χ1v) is 13.9. The number of ether oxygens (including phenoxy) is 1. The summed E-state index contributed by atoms with van der Waals surface area (Å²) in [6, 6.07) is 10.6. The zero-order chi connectivity index (χ0) is 27.3. The van der Waals surface area contributed by atoms with Gasteiger partial charge in [-0.25, -0.2) is 8.42 Å². The Morgan fingerprint density at radius 2 is 1.69 bits per heavy atom. The molecule has 2 amide bonds. The van der Waals surface area contributed by atoms with Gasteiger partial charge >= 0.3 is 0 Å². The molecule has 0 fully saturated rings. The highest BCUT2D eigenvalue weighted by Crippen LogP contribution is 2.27. The number of hydrogen-bond donors (Lipinski definition) is 1. The average Bonchev–Trinajstić information content (AvgIpc) is 2.74. The molecule has 11 heteroatoms. The van der Waals surface area contributed by atoms with Gasteiger partial charge in [0.15, 0.2) is 0 Å². The second-order valence-corrected chi connectivity index (χ2v) is 12.2. The van der Waals surface area contributed by atoms with Crippen molar-refractivity contribution in [3.05, 3.63) is 58.1 Å². The standard InChI is InChI=1S/C25H33Cl2N3O5S/c1-7-22(24(32)28-25(2,3)4)29(15-17-9-8-10-21(11-17)35-5)23(31)16-30(36(6,33)34)20-13-18(26)12-19(27)14-20/h8-14,22H,7,15-16H2,1-6H3,(H,28,32)/t22-/m0/s1. The Balaban J connectivity index is 2.51. The van der Waals surface area contributed by atoms with Crippen LogP contribution in [0.4, 0.5) is 5.69 Å². The third-order valence-corrected chi connectivity index (χ3v) is 6.76. The molecule has 0 bridgehead atoms. The van der Waals surface area contributed by atoms with Crippen LogP contribution in [0, 0.1) is 0 Å².